The Morgan fingerprint density at radius 1 is 1.26 bits per heavy atom. The molecule has 1 aromatic carbocycles. The molecule has 0 aliphatic heterocycles. The minimum Gasteiger partial charge on any atom is -0.302 e. The molecule has 0 bridgehead atoms. The Labute approximate surface area is 118 Å². The first-order valence-electron chi connectivity index (χ1n) is 6.69. The van der Waals surface area contributed by atoms with Gasteiger partial charge in [-0.25, -0.2) is 0 Å². The Hall–Kier alpha value is -1.38. The van der Waals surface area contributed by atoms with Crippen LogP contribution in [-0.4, -0.2) is 4.98 Å². The van der Waals surface area contributed by atoms with Crippen LogP contribution in [0.3, 0.4) is 0 Å². The third-order valence-electron chi connectivity index (χ3n) is 3.78. The normalized spacial score (nSPS) is 19.2. The van der Waals surface area contributed by atoms with E-state index >= 15 is 0 Å². The Balaban J connectivity index is 1.74. The van der Waals surface area contributed by atoms with Gasteiger partial charge in [0.1, 0.15) is 0 Å². The van der Waals surface area contributed by atoms with Crippen molar-refractivity contribution >= 4 is 11.6 Å². The number of hydrogen-bond acceptors (Lipinski definition) is 2. The minimum absolute atomic E-state index is 0.301. The van der Waals surface area contributed by atoms with Crippen LogP contribution in [0.4, 0.5) is 0 Å². The second-order valence-electron chi connectivity index (χ2n) is 5.08. The maximum atomic E-state index is 5.92. The van der Waals surface area contributed by atoms with Crippen LogP contribution in [0, 0.1) is 0 Å². The summed E-state index contributed by atoms with van der Waals surface area (Å²) >= 11 is 5.92. The average molecular weight is 273 g/mol. The highest BCUT2D eigenvalue weighted by atomic mass is 35.5. The minimum atomic E-state index is 0.301. The zero-order valence-electron chi connectivity index (χ0n) is 10.9. The fraction of sp³-hybridized carbons (Fsp3) is 0.312. The smallest absolute Gasteiger partial charge is 0.0605 e. The number of aromatic nitrogens is 1. The molecule has 0 saturated carbocycles. The van der Waals surface area contributed by atoms with Crippen molar-refractivity contribution < 1.29 is 0 Å². The van der Waals surface area contributed by atoms with E-state index in [-0.39, 0.29) is 0 Å². The van der Waals surface area contributed by atoms with Crippen LogP contribution in [0.5, 0.6) is 0 Å². The summed E-state index contributed by atoms with van der Waals surface area (Å²) in [7, 11) is 0. The van der Waals surface area contributed by atoms with Crippen LogP contribution in [0.2, 0.25) is 5.02 Å². The van der Waals surface area contributed by atoms with Crippen molar-refractivity contribution in [3.63, 3.8) is 0 Å². The molecule has 0 amide bonds. The number of hydrogen-bond donors (Lipinski definition) is 1. The molecule has 0 saturated heterocycles. The van der Waals surface area contributed by atoms with E-state index in [0.29, 0.717) is 12.1 Å². The molecule has 1 heterocycles. The number of nitrogens with zero attached hydrogens (tertiary/aromatic N) is 1. The lowest BCUT2D eigenvalue weighted by molar-refractivity contribution is 0.458. The highest BCUT2D eigenvalue weighted by Gasteiger charge is 2.24. The van der Waals surface area contributed by atoms with Gasteiger partial charge in [-0.15, -0.1) is 0 Å². The van der Waals surface area contributed by atoms with E-state index in [9.17, 15) is 0 Å². The largest absolute Gasteiger partial charge is 0.302 e. The third-order valence-corrected chi connectivity index (χ3v) is 4.03. The fourth-order valence-corrected chi connectivity index (χ4v) is 2.85. The van der Waals surface area contributed by atoms with Gasteiger partial charge < -0.3 is 5.32 Å². The second kappa shape index (κ2) is 5.32. The van der Waals surface area contributed by atoms with E-state index in [4.69, 9.17) is 11.6 Å². The monoisotopic (exact) mass is 272 g/mol. The summed E-state index contributed by atoms with van der Waals surface area (Å²) in [5.41, 5.74) is 3.85. The number of rotatable bonds is 3. The molecule has 1 aromatic heterocycles. The van der Waals surface area contributed by atoms with Crippen molar-refractivity contribution in [2.45, 2.75) is 31.8 Å². The fourth-order valence-electron chi connectivity index (χ4n) is 2.72. The summed E-state index contributed by atoms with van der Waals surface area (Å²) in [5.74, 6) is 0. The predicted octanol–water partition coefficient (Wildman–Crippen LogP) is 4.07. The van der Waals surface area contributed by atoms with Crippen LogP contribution in [0.25, 0.3) is 0 Å². The van der Waals surface area contributed by atoms with Gasteiger partial charge in [0.2, 0.25) is 0 Å². The SMILES string of the molecule is C[C@H](NC1CCc2cccnc21)c1ccc(Cl)cc1. The molecular formula is C16H17ClN2. The lowest BCUT2D eigenvalue weighted by Crippen LogP contribution is -2.23. The van der Waals surface area contributed by atoms with Crippen molar-refractivity contribution in [2.75, 3.05) is 0 Å². The number of pyridine rings is 1. The van der Waals surface area contributed by atoms with Crippen molar-refractivity contribution in [3.8, 4) is 0 Å². The van der Waals surface area contributed by atoms with Crippen molar-refractivity contribution in [1.82, 2.24) is 10.3 Å². The highest BCUT2D eigenvalue weighted by Crippen LogP contribution is 2.31. The number of fused-ring (bicyclic) bond motifs is 1. The van der Waals surface area contributed by atoms with Gasteiger partial charge in [0.25, 0.3) is 0 Å². The summed E-state index contributed by atoms with van der Waals surface area (Å²) in [4.78, 5) is 4.52. The number of nitrogens with one attached hydrogen (secondary N) is 1. The third kappa shape index (κ3) is 2.65. The van der Waals surface area contributed by atoms with Gasteiger partial charge >= 0.3 is 0 Å². The van der Waals surface area contributed by atoms with Crippen LogP contribution in [0.1, 0.15) is 42.2 Å². The predicted molar refractivity (Wildman–Crippen MR) is 78.3 cm³/mol. The first-order chi connectivity index (χ1) is 9.24. The maximum Gasteiger partial charge on any atom is 0.0605 e. The molecule has 3 rings (SSSR count). The van der Waals surface area contributed by atoms with Gasteiger partial charge in [0, 0.05) is 17.3 Å². The molecule has 0 spiro atoms. The molecule has 3 heteroatoms. The summed E-state index contributed by atoms with van der Waals surface area (Å²) < 4.78 is 0. The van der Waals surface area contributed by atoms with E-state index in [1.807, 2.05) is 24.4 Å². The van der Waals surface area contributed by atoms with Crippen LogP contribution in [-0.2, 0) is 6.42 Å². The number of aryl methyl sites for hydroxylation is 1. The summed E-state index contributed by atoms with van der Waals surface area (Å²) in [5, 5.41) is 4.45. The molecule has 98 valence electrons. The van der Waals surface area contributed by atoms with Gasteiger partial charge in [-0.05, 0) is 49.1 Å². The first kappa shape index (κ1) is 12.6. The molecule has 0 fully saturated rings. The zero-order valence-corrected chi connectivity index (χ0v) is 11.7. The van der Waals surface area contributed by atoms with E-state index in [2.05, 4.69) is 35.4 Å². The molecule has 0 radical (unpaired) electrons. The van der Waals surface area contributed by atoms with E-state index in [1.165, 1.54) is 16.8 Å². The van der Waals surface area contributed by atoms with E-state index in [1.54, 1.807) is 0 Å². The average Bonchev–Trinajstić information content (AvgIpc) is 2.83. The summed E-state index contributed by atoms with van der Waals surface area (Å²) in [6.07, 6.45) is 4.13. The molecular weight excluding hydrogens is 256 g/mol. The Kier molecular flexibility index (Phi) is 3.54. The molecule has 2 aromatic rings. The molecule has 2 atom stereocenters. The Morgan fingerprint density at radius 3 is 2.84 bits per heavy atom. The van der Waals surface area contributed by atoms with E-state index < -0.39 is 0 Å². The zero-order chi connectivity index (χ0) is 13.2. The Morgan fingerprint density at radius 2 is 2.05 bits per heavy atom. The first-order valence-corrected chi connectivity index (χ1v) is 7.07. The second-order valence-corrected chi connectivity index (χ2v) is 5.52. The summed E-state index contributed by atoms with van der Waals surface area (Å²) in [6.45, 7) is 2.18. The van der Waals surface area contributed by atoms with Gasteiger partial charge in [0.05, 0.1) is 11.7 Å². The molecule has 19 heavy (non-hydrogen) atoms. The highest BCUT2D eigenvalue weighted by molar-refractivity contribution is 6.30. The van der Waals surface area contributed by atoms with Crippen molar-refractivity contribution in [2.24, 2.45) is 0 Å². The standard InChI is InChI=1S/C16H17ClN2/c1-11(12-4-7-14(17)8-5-12)19-15-9-6-13-3-2-10-18-16(13)15/h2-5,7-8,10-11,15,19H,6,9H2,1H3/t11-,15?/m0/s1. The van der Waals surface area contributed by atoms with Crippen LogP contribution >= 0.6 is 11.6 Å². The number of halogens is 1. The molecule has 2 nitrogen and oxygen atoms in total. The number of benzene rings is 1. The molecule has 1 aliphatic rings. The molecule has 1 N–H and O–H groups in total. The maximum absolute atomic E-state index is 5.92. The summed E-state index contributed by atoms with van der Waals surface area (Å²) in [6, 6.07) is 12.9. The van der Waals surface area contributed by atoms with Crippen LogP contribution < -0.4 is 5.32 Å². The molecule has 1 unspecified atom stereocenters. The lowest BCUT2D eigenvalue weighted by atomic mass is 10.1. The molecule has 1 aliphatic carbocycles. The van der Waals surface area contributed by atoms with Gasteiger partial charge in [-0.2, -0.15) is 0 Å². The van der Waals surface area contributed by atoms with Gasteiger partial charge in [0.15, 0.2) is 0 Å². The quantitative estimate of drug-likeness (QED) is 0.911. The van der Waals surface area contributed by atoms with Crippen LogP contribution in [0.15, 0.2) is 42.6 Å². The van der Waals surface area contributed by atoms with E-state index in [0.717, 1.165) is 17.9 Å². The van der Waals surface area contributed by atoms with Gasteiger partial charge in [-0.1, -0.05) is 29.8 Å². The van der Waals surface area contributed by atoms with Crippen molar-refractivity contribution in [3.05, 3.63) is 64.4 Å². The van der Waals surface area contributed by atoms with Gasteiger partial charge in [-0.3, -0.25) is 4.98 Å². The topological polar surface area (TPSA) is 24.9 Å². The lowest BCUT2D eigenvalue weighted by Gasteiger charge is -2.20. The Bertz CT molecular complexity index is 565. The van der Waals surface area contributed by atoms with Crippen molar-refractivity contribution in [1.29, 1.82) is 0 Å².